The van der Waals surface area contributed by atoms with Crippen LogP contribution in [0.3, 0.4) is 0 Å². The standard InChI is InChI=1S/C17H17BrO3.C6H6/c1-11-5-4-6-12(2)17(11)20-10-14-9-15(21-13(3)19)7-8-16(14)18;1-2-4-6-5-3-1/h4-9H,10H2,1-3H3;1-6H. The highest BCUT2D eigenvalue weighted by Crippen LogP contribution is 2.27. The quantitative estimate of drug-likeness (QED) is 0.364. The third kappa shape index (κ3) is 6.91. The van der Waals surface area contributed by atoms with E-state index in [0.717, 1.165) is 26.9 Å². The van der Waals surface area contributed by atoms with Crippen LogP contribution in [0.25, 0.3) is 0 Å². The molecule has 3 rings (SSSR count). The first-order valence-electron chi connectivity index (χ1n) is 8.63. The van der Waals surface area contributed by atoms with Gasteiger partial charge in [0.15, 0.2) is 0 Å². The molecule has 0 heterocycles. The molecule has 0 bridgehead atoms. The largest absolute Gasteiger partial charge is 0.488 e. The zero-order valence-electron chi connectivity index (χ0n) is 15.7. The average molecular weight is 427 g/mol. The predicted molar refractivity (Wildman–Crippen MR) is 112 cm³/mol. The minimum atomic E-state index is -0.334. The van der Waals surface area contributed by atoms with E-state index in [-0.39, 0.29) is 5.97 Å². The topological polar surface area (TPSA) is 35.5 Å². The maximum Gasteiger partial charge on any atom is 0.308 e. The number of benzene rings is 3. The van der Waals surface area contributed by atoms with Crippen LogP contribution in [-0.4, -0.2) is 5.97 Å². The van der Waals surface area contributed by atoms with Crippen LogP contribution in [0.4, 0.5) is 0 Å². The first-order valence-corrected chi connectivity index (χ1v) is 9.42. The van der Waals surface area contributed by atoms with E-state index in [0.29, 0.717) is 12.4 Å². The number of carbonyl (C=O) groups excluding carboxylic acids is 1. The number of carbonyl (C=O) groups is 1. The number of hydrogen-bond donors (Lipinski definition) is 0. The Morgan fingerprint density at radius 3 is 1.96 bits per heavy atom. The zero-order valence-corrected chi connectivity index (χ0v) is 17.3. The van der Waals surface area contributed by atoms with E-state index in [2.05, 4.69) is 15.9 Å². The van der Waals surface area contributed by atoms with E-state index in [4.69, 9.17) is 9.47 Å². The zero-order chi connectivity index (χ0) is 19.6. The van der Waals surface area contributed by atoms with Gasteiger partial charge >= 0.3 is 5.97 Å². The number of halogens is 1. The summed E-state index contributed by atoms with van der Waals surface area (Å²) in [7, 11) is 0. The normalized spacial score (nSPS) is 9.78. The van der Waals surface area contributed by atoms with Gasteiger partial charge in [-0.25, -0.2) is 0 Å². The molecular weight excluding hydrogens is 404 g/mol. The minimum Gasteiger partial charge on any atom is -0.488 e. The summed E-state index contributed by atoms with van der Waals surface area (Å²) in [6, 6.07) is 23.4. The highest BCUT2D eigenvalue weighted by molar-refractivity contribution is 9.10. The molecule has 0 fully saturated rings. The molecule has 0 unspecified atom stereocenters. The van der Waals surface area contributed by atoms with Gasteiger partial charge in [-0.15, -0.1) is 0 Å². The summed E-state index contributed by atoms with van der Waals surface area (Å²) in [5.74, 6) is 1.08. The number of ether oxygens (including phenoxy) is 2. The molecule has 3 aromatic carbocycles. The van der Waals surface area contributed by atoms with Crippen molar-refractivity contribution in [3.63, 3.8) is 0 Å². The van der Waals surface area contributed by atoms with Gasteiger partial charge in [0.1, 0.15) is 18.1 Å². The van der Waals surface area contributed by atoms with E-state index in [1.165, 1.54) is 6.92 Å². The number of esters is 1. The van der Waals surface area contributed by atoms with Gasteiger partial charge in [0.2, 0.25) is 0 Å². The lowest BCUT2D eigenvalue weighted by Crippen LogP contribution is -2.03. The summed E-state index contributed by atoms with van der Waals surface area (Å²) in [5, 5.41) is 0. The first kappa shape index (κ1) is 20.7. The lowest BCUT2D eigenvalue weighted by atomic mass is 10.1. The Bertz CT molecular complexity index is 829. The van der Waals surface area contributed by atoms with Gasteiger partial charge < -0.3 is 9.47 Å². The molecule has 0 aliphatic carbocycles. The van der Waals surface area contributed by atoms with Crippen molar-refractivity contribution in [2.75, 3.05) is 0 Å². The van der Waals surface area contributed by atoms with E-state index >= 15 is 0 Å². The second-order valence-electron chi connectivity index (χ2n) is 6.01. The molecule has 3 aromatic rings. The number of hydrogen-bond acceptors (Lipinski definition) is 3. The predicted octanol–water partition coefficient (Wildman–Crippen LogP) is 6.26. The Kier molecular flexibility index (Phi) is 8.08. The van der Waals surface area contributed by atoms with Gasteiger partial charge in [-0.1, -0.05) is 70.5 Å². The van der Waals surface area contributed by atoms with Gasteiger partial charge in [-0.2, -0.15) is 0 Å². The maximum absolute atomic E-state index is 11.0. The van der Waals surface area contributed by atoms with Crippen molar-refractivity contribution >= 4 is 21.9 Å². The molecule has 0 aliphatic rings. The van der Waals surface area contributed by atoms with Crippen LogP contribution in [0.2, 0.25) is 0 Å². The van der Waals surface area contributed by atoms with Gasteiger partial charge in [-0.05, 0) is 43.2 Å². The fourth-order valence-electron chi connectivity index (χ4n) is 2.45. The molecule has 140 valence electrons. The molecule has 0 spiro atoms. The van der Waals surface area contributed by atoms with Crippen molar-refractivity contribution in [2.24, 2.45) is 0 Å². The van der Waals surface area contributed by atoms with Crippen LogP contribution in [0.15, 0.2) is 77.3 Å². The molecule has 4 heteroatoms. The van der Waals surface area contributed by atoms with Crippen LogP contribution in [0, 0.1) is 13.8 Å². The Hall–Kier alpha value is -2.59. The van der Waals surface area contributed by atoms with Gasteiger partial charge in [0, 0.05) is 17.0 Å². The van der Waals surface area contributed by atoms with Crippen LogP contribution in [-0.2, 0) is 11.4 Å². The Labute approximate surface area is 169 Å². The van der Waals surface area contributed by atoms with Crippen molar-refractivity contribution in [3.05, 3.63) is 94.0 Å². The van der Waals surface area contributed by atoms with E-state index < -0.39 is 0 Å². The fraction of sp³-hybridized carbons (Fsp3) is 0.174. The molecule has 0 saturated carbocycles. The number of rotatable bonds is 4. The smallest absolute Gasteiger partial charge is 0.308 e. The molecule has 27 heavy (non-hydrogen) atoms. The van der Waals surface area contributed by atoms with Crippen molar-refractivity contribution in [2.45, 2.75) is 27.4 Å². The van der Waals surface area contributed by atoms with Gasteiger partial charge in [0.25, 0.3) is 0 Å². The highest BCUT2D eigenvalue weighted by Gasteiger charge is 2.08. The van der Waals surface area contributed by atoms with Crippen LogP contribution >= 0.6 is 15.9 Å². The van der Waals surface area contributed by atoms with E-state index in [1.54, 1.807) is 12.1 Å². The van der Waals surface area contributed by atoms with Crippen molar-refractivity contribution in [3.8, 4) is 11.5 Å². The number of para-hydroxylation sites is 1. The lowest BCUT2D eigenvalue weighted by molar-refractivity contribution is -0.131. The number of aryl methyl sites for hydroxylation is 2. The summed E-state index contributed by atoms with van der Waals surface area (Å²) in [6.45, 7) is 5.83. The SMILES string of the molecule is CC(=O)Oc1ccc(Br)c(COc2c(C)cccc2C)c1.c1ccccc1. The van der Waals surface area contributed by atoms with Gasteiger partial charge in [-0.3, -0.25) is 4.79 Å². The second-order valence-corrected chi connectivity index (χ2v) is 6.87. The monoisotopic (exact) mass is 426 g/mol. The minimum absolute atomic E-state index is 0.334. The molecule has 0 amide bonds. The molecule has 0 aliphatic heterocycles. The molecule has 0 aromatic heterocycles. The van der Waals surface area contributed by atoms with E-state index in [9.17, 15) is 4.79 Å². The third-order valence-corrected chi connectivity index (χ3v) is 4.50. The molecule has 3 nitrogen and oxygen atoms in total. The van der Waals surface area contributed by atoms with Crippen LogP contribution in [0.1, 0.15) is 23.6 Å². The summed E-state index contributed by atoms with van der Waals surface area (Å²) in [4.78, 5) is 11.0. The summed E-state index contributed by atoms with van der Waals surface area (Å²) in [6.07, 6.45) is 0. The fourth-order valence-corrected chi connectivity index (χ4v) is 2.81. The molecular formula is C23H23BrO3. The Balaban J connectivity index is 0.000000369. The summed E-state index contributed by atoms with van der Waals surface area (Å²) < 4.78 is 11.9. The lowest BCUT2D eigenvalue weighted by Gasteiger charge is -2.13. The van der Waals surface area contributed by atoms with Crippen molar-refractivity contribution < 1.29 is 14.3 Å². The molecule has 0 saturated heterocycles. The Morgan fingerprint density at radius 2 is 1.44 bits per heavy atom. The van der Waals surface area contributed by atoms with E-state index in [1.807, 2.05) is 74.5 Å². The average Bonchev–Trinajstić information content (AvgIpc) is 2.65. The summed E-state index contributed by atoms with van der Waals surface area (Å²) in [5.41, 5.74) is 3.13. The molecule has 0 radical (unpaired) electrons. The maximum atomic E-state index is 11.0. The molecule has 0 atom stereocenters. The van der Waals surface area contributed by atoms with Crippen molar-refractivity contribution in [1.82, 2.24) is 0 Å². The van der Waals surface area contributed by atoms with Crippen LogP contribution < -0.4 is 9.47 Å². The molecule has 0 N–H and O–H groups in total. The third-order valence-electron chi connectivity index (χ3n) is 3.73. The second kappa shape index (κ2) is 10.5. The Morgan fingerprint density at radius 1 is 0.889 bits per heavy atom. The van der Waals surface area contributed by atoms with Gasteiger partial charge in [0.05, 0.1) is 0 Å². The summed E-state index contributed by atoms with van der Waals surface area (Å²) >= 11 is 3.49. The highest BCUT2D eigenvalue weighted by atomic mass is 79.9. The first-order chi connectivity index (χ1) is 13.0. The van der Waals surface area contributed by atoms with Crippen LogP contribution in [0.5, 0.6) is 11.5 Å². The van der Waals surface area contributed by atoms with Crippen molar-refractivity contribution in [1.29, 1.82) is 0 Å².